The molecule has 0 aromatic heterocycles. The summed E-state index contributed by atoms with van der Waals surface area (Å²) in [5.74, 6) is 0.734. The highest BCUT2D eigenvalue weighted by molar-refractivity contribution is 6.18. The fourth-order valence-electron chi connectivity index (χ4n) is 2.72. The number of halogens is 1. The van der Waals surface area contributed by atoms with Crippen LogP contribution in [0.15, 0.2) is 24.3 Å². The number of hydrogen-bond acceptors (Lipinski definition) is 1. The molecular formula is C17H25ClO. The van der Waals surface area contributed by atoms with Crippen molar-refractivity contribution in [3.63, 3.8) is 0 Å². The first-order chi connectivity index (χ1) is 8.95. The van der Waals surface area contributed by atoms with Crippen LogP contribution >= 0.6 is 11.6 Å². The third kappa shape index (κ3) is 3.73. The Morgan fingerprint density at radius 2 is 1.68 bits per heavy atom. The van der Waals surface area contributed by atoms with Gasteiger partial charge in [-0.05, 0) is 41.2 Å². The second-order valence-electron chi connectivity index (χ2n) is 6.87. The second kappa shape index (κ2) is 5.85. The van der Waals surface area contributed by atoms with Gasteiger partial charge in [-0.1, -0.05) is 45.0 Å². The lowest BCUT2D eigenvalue weighted by molar-refractivity contribution is 0.0258. The zero-order chi connectivity index (χ0) is 13.9. The van der Waals surface area contributed by atoms with E-state index in [0.717, 1.165) is 38.4 Å². The van der Waals surface area contributed by atoms with Crippen LogP contribution in [-0.4, -0.2) is 19.1 Å². The van der Waals surface area contributed by atoms with Crippen LogP contribution in [0.2, 0.25) is 0 Å². The van der Waals surface area contributed by atoms with E-state index in [2.05, 4.69) is 45.0 Å². The Morgan fingerprint density at radius 1 is 1.11 bits per heavy atom. The molecule has 0 atom stereocenters. The van der Waals surface area contributed by atoms with Gasteiger partial charge in [0, 0.05) is 19.1 Å². The van der Waals surface area contributed by atoms with Crippen molar-refractivity contribution in [2.24, 2.45) is 5.41 Å². The molecule has 1 heterocycles. The Bertz CT molecular complexity index is 396. The Labute approximate surface area is 122 Å². The lowest BCUT2D eigenvalue weighted by Gasteiger charge is -2.35. The number of ether oxygens (including phenoxy) is 1. The van der Waals surface area contributed by atoms with Crippen molar-refractivity contribution in [1.29, 1.82) is 0 Å². The molecule has 0 amide bonds. The Kier molecular flexibility index (Phi) is 4.58. The number of benzene rings is 1. The summed E-state index contributed by atoms with van der Waals surface area (Å²) < 4.78 is 5.47. The van der Waals surface area contributed by atoms with Crippen LogP contribution in [0, 0.1) is 5.41 Å². The monoisotopic (exact) mass is 280 g/mol. The molecule has 0 unspecified atom stereocenters. The van der Waals surface area contributed by atoms with E-state index in [-0.39, 0.29) is 10.8 Å². The molecule has 0 bridgehead atoms. The summed E-state index contributed by atoms with van der Waals surface area (Å²) in [4.78, 5) is 0. The van der Waals surface area contributed by atoms with Crippen molar-refractivity contribution >= 4 is 11.6 Å². The van der Waals surface area contributed by atoms with E-state index in [0.29, 0.717) is 0 Å². The highest BCUT2D eigenvalue weighted by Crippen LogP contribution is 2.36. The molecule has 1 aliphatic rings. The molecule has 106 valence electrons. The van der Waals surface area contributed by atoms with Gasteiger partial charge in [0.2, 0.25) is 0 Å². The van der Waals surface area contributed by atoms with Crippen molar-refractivity contribution < 1.29 is 4.74 Å². The van der Waals surface area contributed by atoms with Gasteiger partial charge in [0.1, 0.15) is 0 Å². The molecule has 19 heavy (non-hydrogen) atoms. The predicted molar refractivity (Wildman–Crippen MR) is 82.1 cm³/mol. The minimum atomic E-state index is 0.224. The average molecular weight is 281 g/mol. The normalized spacial score (nSPS) is 19.4. The highest BCUT2D eigenvalue weighted by atomic mass is 35.5. The predicted octanol–water partition coefficient (Wildman–Crippen LogP) is 4.56. The quantitative estimate of drug-likeness (QED) is 0.738. The van der Waals surface area contributed by atoms with Gasteiger partial charge >= 0.3 is 0 Å². The molecule has 1 saturated heterocycles. The third-order valence-electron chi connectivity index (χ3n) is 4.24. The molecule has 1 aromatic carbocycles. The Morgan fingerprint density at radius 3 is 2.16 bits per heavy atom. The van der Waals surface area contributed by atoms with Crippen molar-refractivity contribution in [3.05, 3.63) is 35.4 Å². The third-order valence-corrected chi connectivity index (χ3v) is 4.80. The topological polar surface area (TPSA) is 9.23 Å². The molecule has 1 nitrogen and oxygen atoms in total. The second-order valence-corrected chi connectivity index (χ2v) is 7.14. The van der Waals surface area contributed by atoms with E-state index in [1.807, 2.05) is 0 Å². The Hall–Kier alpha value is -0.530. The smallest absolute Gasteiger partial charge is 0.0471 e. The molecule has 1 aliphatic heterocycles. The van der Waals surface area contributed by atoms with Crippen LogP contribution in [0.5, 0.6) is 0 Å². The maximum Gasteiger partial charge on any atom is 0.0471 e. The first-order valence-corrected chi connectivity index (χ1v) is 7.72. The standard InChI is InChI=1S/C17H25ClO/c1-16(2,3)15-6-4-14(5-7-15)12-17(13-18)8-10-19-11-9-17/h4-7H,8-13H2,1-3H3. The summed E-state index contributed by atoms with van der Waals surface area (Å²) in [5.41, 5.74) is 3.25. The van der Waals surface area contributed by atoms with Crippen LogP contribution < -0.4 is 0 Å². The van der Waals surface area contributed by atoms with Gasteiger partial charge in [-0.25, -0.2) is 0 Å². The average Bonchev–Trinajstić information content (AvgIpc) is 2.39. The zero-order valence-corrected chi connectivity index (χ0v) is 13.1. The molecule has 2 rings (SSSR count). The molecule has 1 aromatic rings. The number of alkyl halides is 1. The fourth-order valence-corrected chi connectivity index (χ4v) is 3.08. The molecule has 0 saturated carbocycles. The lowest BCUT2D eigenvalue weighted by Crippen LogP contribution is -2.33. The lowest BCUT2D eigenvalue weighted by atomic mass is 9.76. The summed E-state index contributed by atoms with van der Waals surface area (Å²) in [5, 5.41) is 0. The fraction of sp³-hybridized carbons (Fsp3) is 0.647. The van der Waals surface area contributed by atoms with E-state index < -0.39 is 0 Å². The summed E-state index contributed by atoms with van der Waals surface area (Å²) in [6, 6.07) is 9.06. The summed E-state index contributed by atoms with van der Waals surface area (Å²) in [6.45, 7) is 8.46. The molecule has 1 fully saturated rings. The van der Waals surface area contributed by atoms with E-state index in [4.69, 9.17) is 16.3 Å². The van der Waals surface area contributed by atoms with E-state index in [1.54, 1.807) is 0 Å². The van der Waals surface area contributed by atoms with Gasteiger partial charge in [0.05, 0.1) is 0 Å². The van der Waals surface area contributed by atoms with Crippen molar-refractivity contribution in [2.45, 2.75) is 45.4 Å². The van der Waals surface area contributed by atoms with Crippen LogP contribution in [-0.2, 0) is 16.6 Å². The van der Waals surface area contributed by atoms with Crippen molar-refractivity contribution in [3.8, 4) is 0 Å². The molecule has 0 aliphatic carbocycles. The van der Waals surface area contributed by atoms with Crippen molar-refractivity contribution in [2.75, 3.05) is 19.1 Å². The maximum absolute atomic E-state index is 6.24. The highest BCUT2D eigenvalue weighted by Gasteiger charge is 2.31. The molecule has 2 heteroatoms. The van der Waals surface area contributed by atoms with Gasteiger partial charge in [-0.15, -0.1) is 11.6 Å². The molecule has 0 spiro atoms. The minimum Gasteiger partial charge on any atom is -0.381 e. The summed E-state index contributed by atoms with van der Waals surface area (Å²) in [7, 11) is 0. The number of hydrogen-bond donors (Lipinski definition) is 0. The van der Waals surface area contributed by atoms with Crippen LogP contribution in [0.3, 0.4) is 0 Å². The van der Waals surface area contributed by atoms with Crippen molar-refractivity contribution in [1.82, 2.24) is 0 Å². The van der Waals surface area contributed by atoms with Gasteiger partial charge in [0.25, 0.3) is 0 Å². The van der Waals surface area contributed by atoms with E-state index >= 15 is 0 Å². The van der Waals surface area contributed by atoms with Crippen LogP contribution in [0.25, 0.3) is 0 Å². The zero-order valence-electron chi connectivity index (χ0n) is 12.3. The number of rotatable bonds is 3. The van der Waals surface area contributed by atoms with Gasteiger partial charge in [-0.3, -0.25) is 0 Å². The first kappa shape index (κ1) is 14.9. The van der Waals surface area contributed by atoms with Crippen LogP contribution in [0.4, 0.5) is 0 Å². The molecule has 0 radical (unpaired) electrons. The summed E-state index contributed by atoms with van der Waals surface area (Å²) in [6.07, 6.45) is 3.24. The van der Waals surface area contributed by atoms with Gasteiger partial charge < -0.3 is 4.74 Å². The molecule has 0 N–H and O–H groups in total. The van der Waals surface area contributed by atoms with Gasteiger partial charge in [-0.2, -0.15) is 0 Å². The Balaban J connectivity index is 2.10. The minimum absolute atomic E-state index is 0.224. The van der Waals surface area contributed by atoms with E-state index in [1.165, 1.54) is 11.1 Å². The SMILES string of the molecule is CC(C)(C)c1ccc(CC2(CCl)CCOCC2)cc1. The van der Waals surface area contributed by atoms with Crippen LogP contribution in [0.1, 0.15) is 44.7 Å². The van der Waals surface area contributed by atoms with Gasteiger partial charge in [0.15, 0.2) is 0 Å². The maximum atomic E-state index is 6.24. The largest absolute Gasteiger partial charge is 0.381 e. The first-order valence-electron chi connectivity index (χ1n) is 7.18. The van der Waals surface area contributed by atoms with E-state index in [9.17, 15) is 0 Å². The molecular weight excluding hydrogens is 256 g/mol. The summed E-state index contributed by atoms with van der Waals surface area (Å²) >= 11 is 6.24.